The van der Waals surface area contributed by atoms with E-state index in [9.17, 15) is 0 Å². The van der Waals surface area contributed by atoms with Crippen LogP contribution in [0.3, 0.4) is 0 Å². The normalized spacial score (nSPS) is 22.5. The van der Waals surface area contributed by atoms with Gasteiger partial charge in [0, 0.05) is 0 Å². The topological polar surface area (TPSA) is 0 Å². The van der Waals surface area contributed by atoms with Crippen LogP contribution in [-0.4, -0.2) is 8.07 Å². The van der Waals surface area contributed by atoms with Crippen LogP contribution in [0.25, 0.3) is 0 Å². The van der Waals surface area contributed by atoms with Crippen molar-refractivity contribution in [3.05, 3.63) is 6.55 Å². The number of rotatable bonds is 6. The second-order valence-electron chi connectivity index (χ2n) is 5.04. The van der Waals surface area contributed by atoms with E-state index in [1.807, 2.05) is 0 Å². The maximum Gasteiger partial charge on any atom is 0.0617 e. The van der Waals surface area contributed by atoms with Gasteiger partial charge >= 0.3 is 0 Å². The molecule has 0 aliphatic carbocycles. The van der Waals surface area contributed by atoms with Crippen molar-refractivity contribution in [1.29, 1.82) is 0 Å². The third-order valence-corrected chi connectivity index (χ3v) is 11.3. The maximum absolute atomic E-state index is 4.72. The van der Waals surface area contributed by atoms with Gasteiger partial charge in [0.25, 0.3) is 0 Å². The summed E-state index contributed by atoms with van der Waals surface area (Å²) in [6.45, 7) is 19.0. The standard InChI is InChI=1S/C13H29Si/c1-8-11(4)14(7,12(5)9-2)13(6)10-3/h11-13H,7-10H2,1-6H3. The zero-order valence-corrected chi connectivity index (χ0v) is 12.1. The van der Waals surface area contributed by atoms with E-state index in [4.69, 9.17) is 6.55 Å². The Balaban J connectivity index is 4.83. The van der Waals surface area contributed by atoms with Crippen LogP contribution in [0.2, 0.25) is 16.6 Å². The quantitative estimate of drug-likeness (QED) is 0.531. The molecule has 0 heterocycles. The van der Waals surface area contributed by atoms with Gasteiger partial charge in [-0.1, -0.05) is 67.4 Å². The summed E-state index contributed by atoms with van der Waals surface area (Å²) in [7, 11) is -1.31. The van der Waals surface area contributed by atoms with E-state index in [1.165, 1.54) is 19.3 Å². The molecule has 1 radical (unpaired) electrons. The average Bonchev–Trinajstić information content (AvgIpc) is 2.24. The summed E-state index contributed by atoms with van der Waals surface area (Å²) in [5, 5.41) is 0. The Morgan fingerprint density at radius 1 is 0.786 bits per heavy atom. The summed E-state index contributed by atoms with van der Waals surface area (Å²) < 4.78 is 0. The molecular weight excluding hydrogens is 184 g/mol. The fourth-order valence-electron chi connectivity index (χ4n) is 2.60. The summed E-state index contributed by atoms with van der Waals surface area (Å²) in [5.74, 6) is 0. The highest BCUT2D eigenvalue weighted by atomic mass is 28.3. The summed E-state index contributed by atoms with van der Waals surface area (Å²) in [4.78, 5) is 0. The Labute approximate surface area is 92.5 Å². The second kappa shape index (κ2) is 5.94. The minimum atomic E-state index is -1.31. The highest BCUT2D eigenvalue weighted by Crippen LogP contribution is 2.45. The predicted octanol–water partition coefficient (Wildman–Crippen LogP) is 5.21. The van der Waals surface area contributed by atoms with E-state index in [1.54, 1.807) is 0 Å². The van der Waals surface area contributed by atoms with Crippen LogP contribution in [0.15, 0.2) is 0 Å². The molecule has 14 heavy (non-hydrogen) atoms. The fourth-order valence-corrected chi connectivity index (χ4v) is 7.79. The summed E-state index contributed by atoms with van der Waals surface area (Å²) in [6, 6.07) is 0. The van der Waals surface area contributed by atoms with E-state index in [0.29, 0.717) is 0 Å². The van der Waals surface area contributed by atoms with Crippen LogP contribution in [0.1, 0.15) is 60.8 Å². The van der Waals surface area contributed by atoms with Crippen LogP contribution in [0.4, 0.5) is 0 Å². The molecule has 0 rings (SSSR count). The van der Waals surface area contributed by atoms with Crippen molar-refractivity contribution in [3.8, 4) is 0 Å². The monoisotopic (exact) mass is 213 g/mol. The third-order valence-electron chi connectivity index (χ3n) is 4.59. The molecule has 0 spiro atoms. The van der Waals surface area contributed by atoms with Crippen molar-refractivity contribution >= 4 is 8.07 Å². The van der Waals surface area contributed by atoms with Gasteiger partial charge in [-0.15, -0.1) is 0 Å². The van der Waals surface area contributed by atoms with Crippen LogP contribution < -0.4 is 0 Å². The van der Waals surface area contributed by atoms with Crippen molar-refractivity contribution in [1.82, 2.24) is 0 Å². The molecule has 85 valence electrons. The third kappa shape index (κ3) is 2.62. The van der Waals surface area contributed by atoms with Gasteiger partial charge in [-0.25, -0.2) is 0 Å². The van der Waals surface area contributed by atoms with E-state index in [-0.39, 0.29) is 0 Å². The maximum atomic E-state index is 4.72. The molecule has 1 heteroatoms. The SMILES string of the molecule is [CH2][Si](C(C)CC)(C(C)CC)C(C)CC. The lowest BCUT2D eigenvalue weighted by Gasteiger charge is -2.43. The van der Waals surface area contributed by atoms with Gasteiger partial charge in [-0.05, 0) is 16.6 Å². The predicted molar refractivity (Wildman–Crippen MR) is 70.3 cm³/mol. The zero-order valence-electron chi connectivity index (χ0n) is 11.1. The van der Waals surface area contributed by atoms with E-state index in [2.05, 4.69) is 41.5 Å². The Morgan fingerprint density at radius 2 is 1.00 bits per heavy atom. The van der Waals surface area contributed by atoms with Gasteiger partial charge in [-0.3, -0.25) is 0 Å². The van der Waals surface area contributed by atoms with Gasteiger partial charge in [-0.2, -0.15) is 0 Å². The molecule has 0 fully saturated rings. The van der Waals surface area contributed by atoms with Gasteiger partial charge in [0.05, 0.1) is 8.07 Å². The molecule has 3 unspecified atom stereocenters. The van der Waals surface area contributed by atoms with Crippen molar-refractivity contribution in [2.75, 3.05) is 0 Å². The molecule has 0 aromatic heterocycles. The first-order valence-corrected chi connectivity index (χ1v) is 8.74. The fraction of sp³-hybridized carbons (Fsp3) is 0.923. The van der Waals surface area contributed by atoms with Gasteiger partial charge in [0.15, 0.2) is 0 Å². The lowest BCUT2D eigenvalue weighted by molar-refractivity contribution is 0.698. The van der Waals surface area contributed by atoms with E-state index < -0.39 is 8.07 Å². The number of hydrogen-bond donors (Lipinski definition) is 0. The van der Waals surface area contributed by atoms with Crippen LogP contribution >= 0.6 is 0 Å². The molecule has 0 nitrogen and oxygen atoms in total. The minimum Gasteiger partial charge on any atom is -0.0654 e. The Hall–Kier alpha value is 0.217. The molecule has 0 saturated carbocycles. The molecule has 0 aliphatic rings. The molecule has 0 N–H and O–H groups in total. The average molecular weight is 213 g/mol. The lowest BCUT2D eigenvalue weighted by atomic mass is 10.3. The molecular formula is C13H29Si. The minimum absolute atomic E-state index is 0.868. The van der Waals surface area contributed by atoms with Gasteiger partial charge < -0.3 is 0 Å². The number of hydrogen-bond acceptors (Lipinski definition) is 0. The Kier molecular flexibility index (Phi) is 6.04. The van der Waals surface area contributed by atoms with Crippen LogP contribution in [0, 0.1) is 6.55 Å². The Bertz CT molecular complexity index is 127. The second-order valence-corrected chi connectivity index (χ2v) is 10.2. The lowest BCUT2D eigenvalue weighted by Crippen LogP contribution is -2.44. The van der Waals surface area contributed by atoms with Crippen molar-refractivity contribution in [2.24, 2.45) is 0 Å². The van der Waals surface area contributed by atoms with E-state index in [0.717, 1.165) is 16.6 Å². The molecule has 0 saturated heterocycles. The van der Waals surface area contributed by atoms with Crippen LogP contribution in [0.5, 0.6) is 0 Å². The van der Waals surface area contributed by atoms with Crippen molar-refractivity contribution in [3.63, 3.8) is 0 Å². The Morgan fingerprint density at radius 3 is 1.14 bits per heavy atom. The van der Waals surface area contributed by atoms with Crippen molar-refractivity contribution < 1.29 is 0 Å². The molecule has 0 aromatic rings. The van der Waals surface area contributed by atoms with E-state index >= 15 is 0 Å². The van der Waals surface area contributed by atoms with Crippen LogP contribution in [-0.2, 0) is 0 Å². The van der Waals surface area contributed by atoms with Crippen molar-refractivity contribution in [2.45, 2.75) is 77.4 Å². The first kappa shape index (κ1) is 14.2. The summed E-state index contributed by atoms with van der Waals surface area (Å²) in [5.41, 5.74) is 2.60. The smallest absolute Gasteiger partial charge is 0.0617 e. The summed E-state index contributed by atoms with van der Waals surface area (Å²) >= 11 is 0. The summed E-state index contributed by atoms with van der Waals surface area (Å²) in [6.07, 6.45) is 3.93. The first-order valence-electron chi connectivity index (χ1n) is 6.30. The largest absolute Gasteiger partial charge is 0.0654 e. The molecule has 0 amide bonds. The highest BCUT2D eigenvalue weighted by molar-refractivity contribution is 6.85. The molecule has 0 aromatic carbocycles. The highest BCUT2D eigenvalue weighted by Gasteiger charge is 2.41. The zero-order chi connectivity index (χ0) is 11.4. The van der Waals surface area contributed by atoms with Gasteiger partial charge in [0.1, 0.15) is 0 Å². The molecule has 0 aliphatic heterocycles. The van der Waals surface area contributed by atoms with Gasteiger partial charge in [0.2, 0.25) is 0 Å². The molecule has 3 atom stereocenters. The molecule has 0 bridgehead atoms. The first-order chi connectivity index (χ1) is 6.44.